The van der Waals surface area contributed by atoms with Crippen molar-refractivity contribution in [3.05, 3.63) is 28.3 Å². The molecule has 0 atom stereocenters. The van der Waals surface area contributed by atoms with E-state index in [9.17, 15) is 9.59 Å². The summed E-state index contributed by atoms with van der Waals surface area (Å²) in [6.45, 7) is 6.05. The molecule has 1 aliphatic carbocycles. The second-order valence-electron chi connectivity index (χ2n) is 6.15. The summed E-state index contributed by atoms with van der Waals surface area (Å²) in [5.74, 6) is 0.109. The second-order valence-corrected chi connectivity index (χ2v) is 7.20. The van der Waals surface area contributed by atoms with Crippen LogP contribution in [0.25, 0.3) is 0 Å². The van der Waals surface area contributed by atoms with Crippen molar-refractivity contribution in [2.24, 2.45) is 0 Å². The predicted octanol–water partition coefficient (Wildman–Crippen LogP) is 3.65. The van der Waals surface area contributed by atoms with E-state index < -0.39 is 6.03 Å². The number of aromatic amines is 1. The molecule has 1 aliphatic rings. The van der Waals surface area contributed by atoms with Gasteiger partial charge in [-0.3, -0.25) is 15.7 Å². The van der Waals surface area contributed by atoms with Crippen molar-refractivity contribution >= 4 is 34.2 Å². The minimum Gasteiger partial charge on any atom is -0.462 e. The van der Waals surface area contributed by atoms with Crippen LogP contribution in [0.15, 0.2) is 12.1 Å². The molecule has 0 aliphatic heterocycles. The maximum Gasteiger partial charge on any atom is 0.348 e. The standard InChI is InChI=1S/C16H20N4O3S/c1-4-23-14(21)13-9(2)7-12(24-13)18-15(22)17-11-8-10(19-20-11)16(3)5-6-16/h7-8H,4-6H2,1-3H3,(H3,17,18,19,20,22). The summed E-state index contributed by atoms with van der Waals surface area (Å²) in [5, 5.41) is 13.1. The normalized spacial score (nSPS) is 15.0. The first-order valence-electron chi connectivity index (χ1n) is 7.83. The summed E-state index contributed by atoms with van der Waals surface area (Å²) in [5.41, 5.74) is 1.98. The Kier molecular flexibility index (Phi) is 4.31. The van der Waals surface area contributed by atoms with Gasteiger partial charge in [0.1, 0.15) is 4.88 Å². The molecule has 3 N–H and O–H groups in total. The summed E-state index contributed by atoms with van der Waals surface area (Å²) in [6.07, 6.45) is 2.26. The summed E-state index contributed by atoms with van der Waals surface area (Å²) in [4.78, 5) is 24.4. The van der Waals surface area contributed by atoms with Crippen LogP contribution in [0.4, 0.5) is 15.6 Å². The lowest BCUT2D eigenvalue weighted by atomic mass is 10.1. The van der Waals surface area contributed by atoms with Crippen molar-refractivity contribution in [2.45, 2.75) is 39.0 Å². The molecule has 0 aromatic carbocycles. The average Bonchev–Trinajstić information content (AvgIpc) is 2.94. The zero-order chi connectivity index (χ0) is 17.3. The van der Waals surface area contributed by atoms with E-state index in [1.54, 1.807) is 13.0 Å². The van der Waals surface area contributed by atoms with Gasteiger partial charge in [0.05, 0.1) is 11.6 Å². The van der Waals surface area contributed by atoms with E-state index in [0.717, 1.165) is 24.1 Å². The van der Waals surface area contributed by atoms with Gasteiger partial charge in [0.15, 0.2) is 5.82 Å². The fourth-order valence-corrected chi connectivity index (χ4v) is 3.32. The van der Waals surface area contributed by atoms with Gasteiger partial charge in [0.25, 0.3) is 0 Å². The van der Waals surface area contributed by atoms with Crippen molar-refractivity contribution in [3.63, 3.8) is 0 Å². The highest BCUT2D eigenvalue weighted by Crippen LogP contribution is 2.47. The number of hydrogen-bond donors (Lipinski definition) is 3. The van der Waals surface area contributed by atoms with Crippen LogP contribution in [0.3, 0.4) is 0 Å². The second kappa shape index (κ2) is 6.27. The monoisotopic (exact) mass is 348 g/mol. The first-order chi connectivity index (χ1) is 11.4. The largest absolute Gasteiger partial charge is 0.462 e. The minimum absolute atomic E-state index is 0.169. The van der Waals surface area contributed by atoms with Gasteiger partial charge in [-0.2, -0.15) is 5.10 Å². The molecule has 1 saturated carbocycles. The molecule has 3 rings (SSSR count). The Hall–Kier alpha value is -2.35. The third kappa shape index (κ3) is 3.43. The number of aromatic nitrogens is 2. The molecule has 2 heterocycles. The molecule has 0 bridgehead atoms. The molecule has 2 aromatic rings. The van der Waals surface area contributed by atoms with Gasteiger partial charge in [-0.1, -0.05) is 6.92 Å². The Morgan fingerprint density at radius 3 is 2.79 bits per heavy atom. The zero-order valence-electron chi connectivity index (χ0n) is 13.9. The third-order valence-corrected chi connectivity index (χ3v) is 5.22. The lowest BCUT2D eigenvalue weighted by Crippen LogP contribution is -2.18. The number of carbonyl (C=O) groups is 2. The molecular formula is C16H20N4O3S. The minimum atomic E-state index is -0.398. The highest BCUT2D eigenvalue weighted by atomic mass is 32.1. The highest BCUT2D eigenvalue weighted by molar-refractivity contribution is 7.18. The van der Waals surface area contributed by atoms with Crippen molar-refractivity contribution < 1.29 is 14.3 Å². The van der Waals surface area contributed by atoms with E-state index in [1.165, 1.54) is 11.3 Å². The lowest BCUT2D eigenvalue weighted by Gasteiger charge is -2.03. The number of amides is 2. The molecule has 2 aromatic heterocycles. The number of thiophene rings is 1. The number of urea groups is 1. The first kappa shape index (κ1) is 16.5. The van der Waals surface area contributed by atoms with Gasteiger partial charge in [0.2, 0.25) is 0 Å². The van der Waals surface area contributed by atoms with Crippen LogP contribution >= 0.6 is 11.3 Å². The van der Waals surface area contributed by atoms with Crippen LogP contribution < -0.4 is 10.6 Å². The Bertz CT molecular complexity index is 776. The summed E-state index contributed by atoms with van der Waals surface area (Å²) < 4.78 is 4.99. The number of rotatable bonds is 5. The summed E-state index contributed by atoms with van der Waals surface area (Å²) in [7, 11) is 0. The van der Waals surface area contributed by atoms with Crippen molar-refractivity contribution in [1.82, 2.24) is 10.2 Å². The van der Waals surface area contributed by atoms with Crippen molar-refractivity contribution in [3.8, 4) is 0 Å². The molecule has 1 fully saturated rings. The fraction of sp³-hybridized carbons (Fsp3) is 0.438. The van der Waals surface area contributed by atoms with Gasteiger partial charge in [-0.25, -0.2) is 9.59 Å². The zero-order valence-corrected chi connectivity index (χ0v) is 14.7. The SMILES string of the molecule is CCOC(=O)c1sc(NC(=O)Nc2cc(C3(C)CC3)[nH]n2)cc1C. The number of anilines is 2. The van der Waals surface area contributed by atoms with Gasteiger partial charge in [0, 0.05) is 17.2 Å². The summed E-state index contributed by atoms with van der Waals surface area (Å²) >= 11 is 1.19. The van der Waals surface area contributed by atoms with Gasteiger partial charge in [-0.15, -0.1) is 11.3 Å². The average molecular weight is 348 g/mol. The van der Waals surface area contributed by atoms with Gasteiger partial charge < -0.3 is 4.74 Å². The molecule has 0 radical (unpaired) electrons. The number of hydrogen-bond acceptors (Lipinski definition) is 5. The molecule has 24 heavy (non-hydrogen) atoms. The number of nitrogens with zero attached hydrogens (tertiary/aromatic N) is 1. The van der Waals surface area contributed by atoms with Gasteiger partial charge >= 0.3 is 12.0 Å². The Morgan fingerprint density at radius 2 is 2.12 bits per heavy atom. The fourth-order valence-electron chi connectivity index (χ4n) is 2.35. The molecule has 0 spiro atoms. The maximum absolute atomic E-state index is 12.1. The Balaban J connectivity index is 1.61. The number of H-pyrrole nitrogens is 1. The van der Waals surface area contributed by atoms with Crippen LogP contribution in [-0.2, 0) is 10.2 Å². The molecule has 0 saturated heterocycles. The Labute approximate surface area is 143 Å². The third-order valence-electron chi connectivity index (χ3n) is 4.09. The quantitative estimate of drug-likeness (QED) is 0.719. The van der Waals surface area contributed by atoms with E-state index in [0.29, 0.717) is 22.3 Å². The molecule has 2 amide bonds. The topological polar surface area (TPSA) is 96.1 Å². The Morgan fingerprint density at radius 1 is 1.38 bits per heavy atom. The smallest absolute Gasteiger partial charge is 0.348 e. The predicted molar refractivity (Wildman–Crippen MR) is 92.8 cm³/mol. The van der Waals surface area contributed by atoms with E-state index in [4.69, 9.17) is 4.74 Å². The number of carbonyl (C=O) groups excluding carboxylic acids is 2. The molecule has 7 nitrogen and oxygen atoms in total. The van der Waals surface area contributed by atoms with E-state index in [1.807, 2.05) is 13.0 Å². The molecule has 128 valence electrons. The van der Waals surface area contributed by atoms with Crippen LogP contribution in [0.5, 0.6) is 0 Å². The molecule has 8 heteroatoms. The number of ether oxygens (including phenoxy) is 1. The van der Waals surface area contributed by atoms with Crippen LogP contribution in [0, 0.1) is 6.92 Å². The van der Waals surface area contributed by atoms with Crippen molar-refractivity contribution in [1.29, 1.82) is 0 Å². The van der Waals surface area contributed by atoms with E-state index >= 15 is 0 Å². The number of esters is 1. The maximum atomic E-state index is 12.1. The van der Waals surface area contributed by atoms with Crippen LogP contribution in [0.2, 0.25) is 0 Å². The van der Waals surface area contributed by atoms with Crippen LogP contribution in [0.1, 0.15) is 47.6 Å². The van der Waals surface area contributed by atoms with E-state index in [-0.39, 0.29) is 11.4 Å². The molecular weight excluding hydrogens is 328 g/mol. The highest BCUT2D eigenvalue weighted by Gasteiger charge is 2.40. The lowest BCUT2D eigenvalue weighted by molar-refractivity contribution is 0.0531. The van der Waals surface area contributed by atoms with Gasteiger partial charge in [-0.05, 0) is 38.3 Å². The first-order valence-corrected chi connectivity index (χ1v) is 8.64. The van der Waals surface area contributed by atoms with E-state index in [2.05, 4.69) is 27.8 Å². The summed E-state index contributed by atoms with van der Waals surface area (Å²) in [6, 6.07) is 3.21. The van der Waals surface area contributed by atoms with Crippen molar-refractivity contribution in [2.75, 3.05) is 17.2 Å². The molecule has 0 unspecified atom stereocenters. The van der Waals surface area contributed by atoms with Crippen LogP contribution in [-0.4, -0.2) is 28.8 Å². The number of aryl methyl sites for hydroxylation is 1. The number of nitrogens with one attached hydrogen (secondary N) is 3.